The third kappa shape index (κ3) is 5.69. The number of hydrogen-bond donors (Lipinski definition) is 3. The number of hydrogen-bond acceptors (Lipinski definition) is 5. The highest BCUT2D eigenvalue weighted by molar-refractivity contribution is 7.92. The minimum absolute atomic E-state index is 0.0582. The fraction of sp³-hybridized carbons (Fsp3) is 0.611. The van der Waals surface area contributed by atoms with Gasteiger partial charge in [0.15, 0.2) is 0 Å². The van der Waals surface area contributed by atoms with Crippen molar-refractivity contribution in [1.82, 2.24) is 5.32 Å². The Morgan fingerprint density at radius 2 is 1.81 bits per heavy atom. The number of benzene rings is 1. The Labute approximate surface area is 155 Å². The van der Waals surface area contributed by atoms with Crippen LogP contribution >= 0.6 is 0 Å². The van der Waals surface area contributed by atoms with E-state index in [9.17, 15) is 13.2 Å². The van der Waals surface area contributed by atoms with Crippen molar-refractivity contribution < 1.29 is 17.9 Å². The lowest BCUT2D eigenvalue weighted by Gasteiger charge is -2.35. The summed E-state index contributed by atoms with van der Waals surface area (Å²) >= 11 is 0. The first kappa shape index (κ1) is 20.7. The molecule has 0 bridgehead atoms. The minimum atomic E-state index is -3.33. The van der Waals surface area contributed by atoms with Crippen LogP contribution in [0.1, 0.15) is 32.6 Å². The van der Waals surface area contributed by atoms with E-state index in [-0.39, 0.29) is 11.7 Å². The second-order valence-corrected chi connectivity index (χ2v) is 8.61. The summed E-state index contributed by atoms with van der Waals surface area (Å²) in [5.41, 5.74) is 0.605. The van der Waals surface area contributed by atoms with Gasteiger partial charge in [0, 0.05) is 18.5 Å². The van der Waals surface area contributed by atoms with Crippen LogP contribution in [0.25, 0.3) is 0 Å². The van der Waals surface area contributed by atoms with Crippen LogP contribution in [0.3, 0.4) is 0 Å². The summed E-state index contributed by atoms with van der Waals surface area (Å²) in [6, 6.07) is 6.73. The number of sulfonamides is 1. The standard InChI is InChI=1S/C18H29N3O4S/c1-3-4-13-26(23,24)21-16-7-5-15(6-8-16)20-17(22)18(14-25-2)9-11-19-12-10-18/h5-8,19,21H,3-4,9-14H2,1-2H3,(H,20,22). The van der Waals surface area contributed by atoms with E-state index in [0.29, 0.717) is 24.4 Å². The summed E-state index contributed by atoms with van der Waals surface area (Å²) in [5.74, 6) is 0.0485. The van der Waals surface area contributed by atoms with Crippen LogP contribution < -0.4 is 15.4 Å². The van der Waals surface area contributed by atoms with Crippen LogP contribution in [0.2, 0.25) is 0 Å². The molecule has 1 aliphatic rings. The van der Waals surface area contributed by atoms with Gasteiger partial charge in [0.1, 0.15) is 0 Å². The van der Waals surface area contributed by atoms with E-state index in [4.69, 9.17) is 4.74 Å². The smallest absolute Gasteiger partial charge is 0.233 e. The van der Waals surface area contributed by atoms with E-state index < -0.39 is 15.4 Å². The summed E-state index contributed by atoms with van der Waals surface area (Å²) in [5, 5.41) is 6.20. The first-order valence-corrected chi connectivity index (χ1v) is 10.7. The molecule has 1 saturated heterocycles. The van der Waals surface area contributed by atoms with Crippen molar-refractivity contribution in [3.63, 3.8) is 0 Å². The molecule has 26 heavy (non-hydrogen) atoms. The molecule has 7 nitrogen and oxygen atoms in total. The summed E-state index contributed by atoms with van der Waals surface area (Å²) in [4.78, 5) is 12.8. The van der Waals surface area contributed by atoms with Gasteiger partial charge in [-0.2, -0.15) is 0 Å². The zero-order valence-electron chi connectivity index (χ0n) is 15.5. The van der Waals surface area contributed by atoms with Crippen molar-refractivity contribution in [2.24, 2.45) is 5.41 Å². The molecule has 2 rings (SSSR count). The van der Waals surface area contributed by atoms with Crippen LogP contribution in [0.5, 0.6) is 0 Å². The first-order valence-electron chi connectivity index (χ1n) is 9.02. The largest absolute Gasteiger partial charge is 0.384 e. The van der Waals surface area contributed by atoms with Gasteiger partial charge in [-0.15, -0.1) is 0 Å². The average Bonchev–Trinajstić information content (AvgIpc) is 2.62. The molecule has 0 saturated carbocycles. The van der Waals surface area contributed by atoms with Crippen molar-refractivity contribution in [1.29, 1.82) is 0 Å². The predicted molar refractivity (Wildman–Crippen MR) is 104 cm³/mol. The van der Waals surface area contributed by atoms with Gasteiger partial charge in [-0.25, -0.2) is 8.42 Å². The summed E-state index contributed by atoms with van der Waals surface area (Å²) in [6.07, 6.45) is 2.90. The molecule has 1 aliphatic heterocycles. The quantitative estimate of drug-likeness (QED) is 0.607. The lowest BCUT2D eigenvalue weighted by molar-refractivity contribution is -0.130. The van der Waals surface area contributed by atoms with E-state index in [2.05, 4.69) is 15.4 Å². The zero-order chi connectivity index (χ0) is 19.0. The second kappa shape index (κ2) is 9.34. The number of nitrogens with one attached hydrogen (secondary N) is 3. The summed E-state index contributed by atoms with van der Waals surface area (Å²) < 4.78 is 31.7. The maximum Gasteiger partial charge on any atom is 0.233 e. The number of piperidine rings is 1. The lowest BCUT2D eigenvalue weighted by Crippen LogP contribution is -2.47. The molecule has 0 spiro atoms. The minimum Gasteiger partial charge on any atom is -0.384 e. The normalized spacial score (nSPS) is 16.8. The van der Waals surface area contributed by atoms with Crippen molar-refractivity contribution in [3.05, 3.63) is 24.3 Å². The zero-order valence-corrected chi connectivity index (χ0v) is 16.3. The maximum absolute atomic E-state index is 12.8. The monoisotopic (exact) mass is 383 g/mol. The Hall–Kier alpha value is -1.64. The van der Waals surface area contributed by atoms with Crippen LogP contribution in [0, 0.1) is 5.41 Å². The number of amides is 1. The predicted octanol–water partition coefficient (Wildman–Crippen LogP) is 2.18. The van der Waals surface area contributed by atoms with Crippen LogP contribution in [0.15, 0.2) is 24.3 Å². The molecule has 1 amide bonds. The second-order valence-electron chi connectivity index (χ2n) is 6.77. The molecule has 1 aromatic rings. The Kier molecular flexibility index (Phi) is 7.43. The third-order valence-electron chi connectivity index (χ3n) is 4.65. The molecule has 1 aromatic carbocycles. The van der Waals surface area contributed by atoms with E-state index >= 15 is 0 Å². The number of ether oxygens (including phenoxy) is 1. The Bertz CT molecular complexity index is 677. The van der Waals surface area contributed by atoms with Gasteiger partial charge in [-0.3, -0.25) is 9.52 Å². The van der Waals surface area contributed by atoms with Crippen LogP contribution in [0.4, 0.5) is 11.4 Å². The molecule has 3 N–H and O–H groups in total. The van der Waals surface area contributed by atoms with E-state index in [1.165, 1.54) is 0 Å². The van der Waals surface area contributed by atoms with Crippen molar-refractivity contribution in [3.8, 4) is 0 Å². The first-order chi connectivity index (χ1) is 12.4. The molecule has 8 heteroatoms. The number of anilines is 2. The fourth-order valence-corrected chi connectivity index (χ4v) is 4.33. The van der Waals surface area contributed by atoms with E-state index in [0.717, 1.165) is 32.4 Å². The van der Waals surface area contributed by atoms with Gasteiger partial charge in [-0.1, -0.05) is 13.3 Å². The fourth-order valence-electron chi connectivity index (χ4n) is 3.07. The molecular formula is C18H29N3O4S. The van der Waals surface area contributed by atoms with Gasteiger partial charge in [0.05, 0.1) is 17.8 Å². The van der Waals surface area contributed by atoms with Crippen molar-refractivity contribution in [2.45, 2.75) is 32.6 Å². The number of rotatable bonds is 9. The van der Waals surface area contributed by atoms with E-state index in [1.807, 2.05) is 6.92 Å². The molecule has 0 aromatic heterocycles. The van der Waals surface area contributed by atoms with Gasteiger partial charge in [0.25, 0.3) is 0 Å². The number of carbonyl (C=O) groups excluding carboxylic acids is 1. The molecule has 0 unspecified atom stereocenters. The highest BCUT2D eigenvalue weighted by atomic mass is 32.2. The van der Waals surface area contributed by atoms with Gasteiger partial charge >= 0.3 is 0 Å². The lowest BCUT2D eigenvalue weighted by atomic mass is 9.78. The molecule has 0 aliphatic carbocycles. The van der Waals surface area contributed by atoms with Crippen LogP contribution in [-0.4, -0.2) is 46.9 Å². The third-order valence-corrected chi connectivity index (χ3v) is 6.02. The molecular weight excluding hydrogens is 354 g/mol. The van der Waals surface area contributed by atoms with Gasteiger partial charge in [-0.05, 0) is 56.6 Å². The SMILES string of the molecule is CCCCS(=O)(=O)Nc1ccc(NC(=O)C2(COC)CCNCC2)cc1. The highest BCUT2D eigenvalue weighted by Gasteiger charge is 2.39. The Morgan fingerprint density at radius 1 is 1.19 bits per heavy atom. The summed E-state index contributed by atoms with van der Waals surface area (Å²) in [7, 11) is -1.72. The number of unbranched alkanes of at least 4 members (excludes halogenated alkanes) is 1. The number of methoxy groups -OCH3 is 1. The highest BCUT2D eigenvalue weighted by Crippen LogP contribution is 2.31. The molecule has 0 radical (unpaired) electrons. The molecule has 0 atom stereocenters. The molecule has 1 heterocycles. The Balaban J connectivity index is 2.00. The maximum atomic E-state index is 12.8. The van der Waals surface area contributed by atoms with Crippen molar-refractivity contribution in [2.75, 3.05) is 42.6 Å². The Morgan fingerprint density at radius 3 is 2.38 bits per heavy atom. The van der Waals surface area contributed by atoms with Crippen molar-refractivity contribution >= 4 is 27.3 Å². The van der Waals surface area contributed by atoms with Gasteiger partial charge < -0.3 is 15.4 Å². The molecule has 146 valence electrons. The van der Waals surface area contributed by atoms with Crippen LogP contribution in [-0.2, 0) is 19.6 Å². The number of carbonyl (C=O) groups is 1. The van der Waals surface area contributed by atoms with E-state index in [1.54, 1.807) is 31.4 Å². The average molecular weight is 384 g/mol. The topological polar surface area (TPSA) is 96.5 Å². The van der Waals surface area contributed by atoms with Gasteiger partial charge in [0.2, 0.25) is 15.9 Å². The summed E-state index contributed by atoms with van der Waals surface area (Å²) in [6.45, 7) is 3.91. The molecule has 1 fully saturated rings.